The van der Waals surface area contributed by atoms with E-state index in [0.29, 0.717) is 13.0 Å². The molecule has 2 rings (SSSR count). The van der Waals surface area contributed by atoms with Crippen LogP contribution in [0.3, 0.4) is 0 Å². The van der Waals surface area contributed by atoms with Crippen LogP contribution in [0.4, 0.5) is 10.1 Å². The van der Waals surface area contributed by atoms with E-state index in [1.54, 1.807) is 6.07 Å². The average Bonchev–Trinajstić information content (AvgIpc) is 2.53. The summed E-state index contributed by atoms with van der Waals surface area (Å²) in [5.41, 5.74) is 6.73. The highest BCUT2D eigenvalue weighted by atomic mass is 19.1. The van der Waals surface area contributed by atoms with Crippen LogP contribution in [0.1, 0.15) is 12.0 Å². The fraction of sp³-hybridized carbons (Fsp3) is 0.235. The summed E-state index contributed by atoms with van der Waals surface area (Å²) in [6.07, 6.45) is 0.459. The summed E-state index contributed by atoms with van der Waals surface area (Å²) in [5, 5.41) is 9.41. The Kier molecular flexibility index (Phi) is 4.56. The molecule has 0 saturated heterocycles. The van der Waals surface area contributed by atoms with E-state index in [0.717, 1.165) is 11.3 Å². The lowest BCUT2D eigenvalue weighted by Gasteiger charge is -2.26. The number of benzene rings is 2. The highest BCUT2D eigenvalue weighted by Crippen LogP contribution is 2.23. The van der Waals surface area contributed by atoms with Gasteiger partial charge in [0.1, 0.15) is 11.4 Å². The van der Waals surface area contributed by atoms with E-state index in [2.05, 4.69) is 6.07 Å². The van der Waals surface area contributed by atoms with Crippen LogP contribution in [-0.2, 0) is 5.54 Å². The number of hydrogen-bond acceptors (Lipinski definition) is 3. The van der Waals surface area contributed by atoms with E-state index in [1.165, 1.54) is 12.1 Å². The molecule has 3 nitrogen and oxygen atoms in total. The Balaban J connectivity index is 2.09. The van der Waals surface area contributed by atoms with Gasteiger partial charge in [-0.05, 0) is 23.8 Å². The Morgan fingerprint density at radius 2 is 1.90 bits per heavy atom. The fourth-order valence-corrected chi connectivity index (χ4v) is 2.19. The van der Waals surface area contributed by atoms with Gasteiger partial charge in [-0.2, -0.15) is 5.26 Å². The van der Waals surface area contributed by atoms with Gasteiger partial charge < -0.3 is 10.6 Å². The van der Waals surface area contributed by atoms with E-state index in [9.17, 15) is 9.65 Å². The predicted molar refractivity (Wildman–Crippen MR) is 82.2 cm³/mol. The van der Waals surface area contributed by atoms with Gasteiger partial charge in [-0.1, -0.05) is 36.4 Å². The van der Waals surface area contributed by atoms with Crippen molar-refractivity contribution >= 4 is 5.69 Å². The number of halogens is 1. The third-order valence-corrected chi connectivity index (χ3v) is 3.58. The van der Waals surface area contributed by atoms with Crippen LogP contribution in [0, 0.1) is 17.1 Å². The SMILES string of the molecule is CN(CCC(N)(C#N)c1ccccc1)c1cccc(F)c1. The van der Waals surface area contributed by atoms with Crippen molar-refractivity contribution in [3.63, 3.8) is 0 Å². The van der Waals surface area contributed by atoms with Gasteiger partial charge in [-0.3, -0.25) is 0 Å². The molecule has 0 aromatic heterocycles. The zero-order chi connectivity index (χ0) is 15.3. The molecule has 0 fully saturated rings. The lowest BCUT2D eigenvalue weighted by atomic mass is 9.89. The summed E-state index contributed by atoms with van der Waals surface area (Å²) in [5.74, 6) is -0.276. The zero-order valence-electron chi connectivity index (χ0n) is 12.0. The van der Waals surface area contributed by atoms with Crippen LogP contribution in [0.15, 0.2) is 54.6 Å². The van der Waals surface area contributed by atoms with E-state index < -0.39 is 5.54 Å². The summed E-state index contributed by atoms with van der Waals surface area (Å²) in [4.78, 5) is 1.89. The molecule has 0 bridgehead atoms. The first kappa shape index (κ1) is 15.0. The van der Waals surface area contributed by atoms with Gasteiger partial charge in [-0.15, -0.1) is 0 Å². The summed E-state index contributed by atoms with van der Waals surface area (Å²) in [6.45, 7) is 0.558. The van der Waals surface area contributed by atoms with E-state index in [-0.39, 0.29) is 5.82 Å². The minimum Gasteiger partial charge on any atom is -0.374 e. The maximum absolute atomic E-state index is 13.2. The number of nitriles is 1. The van der Waals surface area contributed by atoms with Gasteiger partial charge in [0.15, 0.2) is 0 Å². The van der Waals surface area contributed by atoms with Crippen LogP contribution < -0.4 is 10.6 Å². The molecule has 1 atom stereocenters. The van der Waals surface area contributed by atoms with E-state index in [4.69, 9.17) is 5.73 Å². The molecule has 0 spiro atoms. The van der Waals surface area contributed by atoms with Crippen molar-refractivity contribution < 1.29 is 4.39 Å². The topological polar surface area (TPSA) is 53.0 Å². The van der Waals surface area contributed by atoms with Gasteiger partial charge in [-0.25, -0.2) is 4.39 Å². The van der Waals surface area contributed by atoms with Crippen LogP contribution in [-0.4, -0.2) is 13.6 Å². The van der Waals surface area contributed by atoms with Crippen LogP contribution in [0.25, 0.3) is 0 Å². The molecule has 0 heterocycles. The summed E-state index contributed by atoms with van der Waals surface area (Å²) < 4.78 is 13.2. The van der Waals surface area contributed by atoms with Crippen molar-refractivity contribution in [3.05, 3.63) is 66.0 Å². The molecule has 2 aromatic carbocycles. The minimum absolute atomic E-state index is 0.276. The van der Waals surface area contributed by atoms with Gasteiger partial charge in [0.05, 0.1) is 6.07 Å². The van der Waals surface area contributed by atoms with E-state index >= 15 is 0 Å². The van der Waals surface area contributed by atoms with Crippen molar-refractivity contribution in [2.24, 2.45) is 5.73 Å². The van der Waals surface area contributed by atoms with Gasteiger partial charge in [0.25, 0.3) is 0 Å². The molecule has 0 saturated carbocycles. The van der Waals surface area contributed by atoms with Crippen LogP contribution in [0.2, 0.25) is 0 Å². The molecule has 2 N–H and O–H groups in total. The molecule has 0 radical (unpaired) electrons. The van der Waals surface area contributed by atoms with Crippen LogP contribution >= 0.6 is 0 Å². The summed E-state index contributed by atoms with van der Waals surface area (Å²) in [7, 11) is 1.86. The smallest absolute Gasteiger partial charge is 0.131 e. The number of anilines is 1. The Morgan fingerprint density at radius 1 is 1.19 bits per heavy atom. The molecule has 0 aliphatic rings. The van der Waals surface area contributed by atoms with Gasteiger partial charge in [0, 0.05) is 25.7 Å². The number of nitrogens with zero attached hydrogens (tertiary/aromatic N) is 2. The van der Waals surface area contributed by atoms with Gasteiger partial charge in [0.2, 0.25) is 0 Å². The molecule has 0 aliphatic heterocycles. The molecule has 4 heteroatoms. The van der Waals surface area contributed by atoms with Crippen molar-refractivity contribution in [3.8, 4) is 6.07 Å². The lowest BCUT2D eigenvalue weighted by molar-refractivity contribution is 0.525. The molecule has 21 heavy (non-hydrogen) atoms. The number of nitrogens with two attached hydrogens (primary N) is 1. The Labute approximate surface area is 124 Å². The minimum atomic E-state index is -1.04. The second-order valence-corrected chi connectivity index (χ2v) is 5.10. The Bertz CT molecular complexity index is 636. The molecule has 0 aliphatic carbocycles. The number of hydrogen-bond donors (Lipinski definition) is 1. The lowest BCUT2D eigenvalue weighted by Crippen LogP contribution is -2.38. The van der Waals surface area contributed by atoms with Crippen molar-refractivity contribution in [1.82, 2.24) is 0 Å². The molecular formula is C17H18FN3. The standard InChI is InChI=1S/C17H18FN3/c1-21(16-9-5-8-15(18)12-16)11-10-17(20,13-19)14-6-3-2-4-7-14/h2-9,12H,10-11,20H2,1H3. The third-order valence-electron chi connectivity index (χ3n) is 3.58. The molecule has 2 aromatic rings. The van der Waals surface area contributed by atoms with Crippen molar-refractivity contribution in [1.29, 1.82) is 5.26 Å². The van der Waals surface area contributed by atoms with Gasteiger partial charge >= 0.3 is 0 Å². The predicted octanol–water partition coefficient (Wildman–Crippen LogP) is 3.03. The highest BCUT2D eigenvalue weighted by Gasteiger charge is 2.27. The maximum Gasteiger partial charge on any atom is 0.131 e. The Morgan fingerprint density at radius 3 is 2.52 bits per heavy atom. The summed E-state index contributed by atoms with van der Waals surface area (Å²) >= 11 is 0. The van der Waals surface area contributed by atoms with Crippen LogP contribution in [0.5, 0.6) is 0 Å². The van der Waals surface area contributed by atoms with Crippen molar-refractivity contribution in [2.45, 2.75) is 12.0 Å². The maximum atomic E-state index is 13.2. The number of rotatable bonds is 5. The molecule has 1 unspecified atom stereocenters. The molecule has 0 amide bonds. The largest absolute Gasteiger partial charge is 0.374 e. The Hall–Kier alpha value is -2.38. The fourth-order valence-electron chi connectivity index (χ4n) is 2.19. The second kappa shape index (κ2) is 6.38. The highest BCUT2D eigenvalue weighted by molar-refractivity contribution is 5.45. The first-order chi connectivity index (χ1) is 10.0. The van der Waals surface area contributed by atoms with E-state index in [1.807, 2.05) is 48.3 Å². The van der Waals surface area contributed by atoms with Crippen molar-refractivity contribution in [2.75, 3.05) is 18.5 Å². The first-order valence-electron chi connectivity index (χ1n) is 6.77. The third kappa shape index (κ3) is 3.59. The monoisotopic (exact) mass is 283 g/mol. The molecular weight excluding hydrogens is 265 g/mol. The molecule has 108 valence electrons. The summed E-state index contributed by atoms with van der Waals surface area (Å²) in [6, 6.07) is 17.9. The average molecular weight is 283 g/mol. The normalized spacial score (nSPS) is 13.2. The first-order valence-corrected chi connectivity index (χ1v) is 6.77. The quantitative estimate of drug-likeness (QED) is 0.917. The zero-order valence-corrected chi connectivity index (χ0v) is 12.0. The second-order valence-electron chi connectivity index (χ2n) is 5.10.